The molecule has 1 aromatic heterocycles. The first-order valence-corrected chi connectivity index (χ1v) is 11.0. The first-order valence-electron chi connectivity index (χ1n) is 10.2. The van der Waals surface area contributed by atoms with Crippen LogP contribution >= 0.6 is 11.6 Å². The summed E-state index contributed by atoms with van der Waals surface area (Å²) in [6.45, 7) is 0. The van der Waals surface area contributed by atoms with Crippen molar-refractivity contribution in [2.75, 3.05) is 6.38 Å². The van der Waals surface area contributed by atoms with Gasteiger partial charge in [-0.05, 0) is 40.5 Å². The van der Waals surface area contributed by atoms with E-state index in [1.807, 2.05) is 12.1 Å². The van der Waals surface area contributed by atoms with Gasteiger partial charge in [-0.2, -0.15) is 0 Å². The Labute approximate surface area is 188 Å². The highest BCUT2D eigenvalue weighted by molar-refractivity contribution is 6.15. The van der Waals surface area contributed by atoms with Gasteiger partial charge in [-0.3, -0.25) is 0 Å². The minimum Gasteiger partial charge on any atom is -0.240 e. The number of aromatic nitrogens is 2. The molecular formula is C28H23ClN2. The Bertz CT molecular complexity index is 1150. The third kappa shape index (κ3) is 4.65. The van der Waals surface area contributed by atoms with Crippen LogP contribution in [0.2, 0.25) is 0 Å². The maximum atomic E-state index is 4.68. The molecule has 0 spiro atoms. The van der Waals surface area contributed by atoms with Crippen LogP contribution in [0.25, 0.3) is 39.6 Å². The minimum atomic E-state index is 0.821. The molecule has 4 aromatic rings. The van der Waals surface area contributed by atoms with Crippen molar-refractivity contribution in [3.63, 3.8) is 0 Å². The zero-order valence-electron chi connectivity index (χ0n) is 17.4. The van der Waals surface area contributed by atoms with Crippen LogP contribution in [0.1, 0.15) is 11.3 Å². The molecule has 0 bridgehead atoms. The maximum absolute atomic E-state index is 4.68. The fourth-order valence-electron chi connectivity index (χ4n) is 3.77. The van der Waals surface area contributed by atoms with E-state index in [2.05, 4.69) is 113 Å². The summed E-state index contributed by atoms with van der Waals surface area (Å²) >= 11 is 4.64. The molecule has 2 nitrogen and oxygen atoms in total. The van der Waals surface area contributed by atoms with Crippen LogP contribution in [0.4, 0.5) is 0 Å². The van der Waals surface area contributed by atoms with E-state index in [4.69, 9.17) is 0 Å². The van der Waals surface area contributed by atoms with Gasteiger partial charge in [0.15, 0.2) is 0 Å². The van der Waals surface area contributed by atoms with Crippen LogP contribution < -0.4 is 0 Å². The number of nitrogens with zero attached hydrogens (tertiary/aromatic N) is 2. The molecule has 0 N–H and O–H groups in total. The number of benzene rings is 3. The van der Waals surface area contributed by atoms with Crippen LogP contribution in [-0.2, 0) is 6.42 Å². The van der Waals surface area contributed by atoms with Crippen LogP contribution in [-0.4, -0.2) is 16.4 Å². The molecule has 1 aliphatic carbocycles. The number of allylic oxidation sites excluding steroid dienone is 3. The highest BCUT2D eigenvalue weighted by atomic mass is 35.5. The Morgan fingerprint density at radius 3 is 1.84 bits per heavy atom. The minimum absolute atomic E-state index is 0.821. The lowest BCUT2D eigenvalue weighted by atomic mass is 9.93. The van der Waals surface area contributed by atoms with Crippen molar-refractivity contribution in [1.82, 2.24) is 9.97 Å². The summed E-state index contributed by atoms with van der Waals surface area (Å²) in [6, 6.07) is 27.7. The predicted molar refractivity (Wildman–Crippen MR) is 132 cm³/mol. The molecule has 0 saturated heterocycles. The van der Waals surface area contributed by atoms with Gasteiger partial charge in [0.05, 0.1) is 11.4 Å². The number of alkyl halides is 1. The van der Waals surface area contributed by atoms with Crippen molar-refractivity contribution >= 4 is 17.7 Å². The third-order valence-corrected chi connectivity index (χ3v) is 5.21. The van der Waals surface area contributed by atoms with Crippen molar-refractivity contribution in [2.45, 2.75) is 6.42 Å². The van der Waals surface area contributed by atoms with Gasteiger partial charge >= 0.3 is 0 Å². The van der Waals surface area contributed by atoms with Crippen molar-refractivity contribution in [3.8, 4) is 33.5 Å². The Morgan fingerprint density at radius 2 is 1.23 bits per heavy atom. The van der Waals surface area contributed by atoms with E-state index in [-0.39, 0.29) is 0 Å². The monoisotopic (exact) mass is 422 g/mol. The van der Waals surface area contributed by atoms with Crippen LogP contribution in [0.5, 0.6) is 0 Å². The van der Waals surface area contributed by atoms with E-state index in [0.29, 0.717) is 0 Å². The summed E-state index contributed by atoms with van der Waals surface area (Å²) in [4.78, 5) is 9.20. The lowest BCUT2D eigenvalue weighted by Crippen LogP contribution is -1.98. The Balaban J connectivity index is 0.00000112. The van der Waals surface area contributed by atoms with Crippen molar-refractivity contribution in [2.24, 2.45) is 0 Å². The fraction of sp³-hybridized carbons (Fsp3) is 0.0714. The maximum Gasteiger partial charge on any atom is 0.116 e. The van der Waals surface area contributed by atoms with Gasteiger partial charge in [-0.25, -0.2) is 9.97 Å². The van der Waals surface area contributed by atoms with Crippen LogP contribution in [0, 0.1) is 0 Å². The molecule has 1 aliphatic rings. The molecule has 5 rings (SSSR count). The van der Waals surface area contributed by atoms with E-state index in [1.54, 1.807) is 6.33 Å². The molecule has 152 valence electrons. The summed E-state index contributed by atoms with van der Waals surface area (Å²) in [5.74, 6) is 0. The average molecular weight is 423 g/mol. The average Bonchev–Trinajstić information content (AvgIpc) is 3.12. The van der Waals surface area contributed by atoms with Crippen LogP contribution in [0.3, 0.4) is 0 Å². The molecule has 0 amide bonds. The van der Waals surface area contributed by atoms with Crippen LogP contribution in [0.15, 0.2) is 103 Å². The molecule has 3 aromatic carbocycles. The Hall–Kier alpha value is -3.49. The second kappa shape index (κ2) is 10.0. The first kappa shape index (κ1) is 20.8. The number of rotatable bonds is 3. The molecule has 1 heterocycles. The van der Waals surface area contributed by atoms with Gasteiger partial charge in [0.1, 0.15) is 6.33 Å². The summed E-state index contributed by atoms with van der Waals surface area (Å²) in [6.07, 6.45) is 12.4. The van der Waals surface area contributed by atoms with Gasteiger partial charge < -0.3 is 0 Å². The lowest BCUT2D eigenvalue weighted by Gasteiger charge is -2.13. The fourth-order valence-corrected chi connectivity index (χ4v) is 3.77. The van der Waals surface area contributed by atoms with Crippen molar-refractivity contribution in [3.05, 3.63) is 115 Å². The van der Waals surface area contributed by atoms with Crippen molar-refractivity contribution in [1.29, 1.82) is 0 Å². The zero-order valence-corrected chi connectivity index (χ0v) is 18.1. The predicted octanol–water partition coefficient (Wildman–Crippen LogP) is 7.46. The number of hydrogen-bond acceptors (Lipinski definition) is 2. The summed E-state index contributed by atoms with van der Waals surface area (Å²) in [5.41, 5.74) is 9.01. The zero-order chi connectivity index (χ0) is 21.5. The second-order valence-electron chi connectivity index (χ2n) is 7.11. The standard InChI is InChI=1S/C27H20N2.CH3Cl/c1-4-10-20(11-5-1)22-16-23(21-12-6-2-7-13-21)18-24(17-22)27-25-14-8-3-9-15-26(25)28-19-29-27;1-2/h1-14,16-19H,15H2;1H3. The molecule has 0 aliphatic heterocycles. The van der Waals surface area contributed by atoms with Gasteiger partial charge in [0.2, 0.25) is 0 Å². The van der Waals surface area contributed by atoms with E-state index in [0.717, 1.165) is 28.9 Å². The largest absolute Gasteiger partial charge is 0.240 e. The van der Waals surface area contributed by atoms with Gasteiger partial charge in [0, 0.05) is 23.9 Å². The summed E-state index contributed by atoms with van der Waals surface area (Å²) in [7, 11) is 0. The molecule has 0 atom stereocenters. The highest BCUT2D eigenvalue weighted by Gasteiger charge is 2.14. The normalized spacial score (nSPS) is 11.8. The molecule has 0 radical (unpaired) electrons. The van der Waals surface area contributed by atoms with Gasteiger partial charge in [0.25, 0.3) is 0 Å². The van der Waals surface area contributed by atoms with Gasteiger partial charge in [-0.1, -0.05) is 85.0 Å². The van der Waals surface area contributed by atoms with Crippen molar-refractivity contribution < 1.29 is 0 Å². The molecule has 3 heteroatoms. The topological polar surface area (TPSA) is 25.8 Å². The number of halogens is 1. The molecule has 0 fully saturated rings. The molecule has 0 saturated carbocycles. The quantitative estimate of drug-likeness (QED) is 0.320. The third-order valence-electron chi connectivity index (χ3n) is 5.21. The van der Waals surface area contributed by atoms with E-state index in [1.165, 1.54) is 28.6 Å². The number of hydrogen-bond donors (Lipinski definition) is 0. The second-order valence-corrected chi connectivity index (χ2v) is 7.11. The summed E-state index contributed by atoms with van der Waals surface area (Å²) in [5, 5.41) is 0. The lowest BCUT2D eigenvalue weighted by molar-refractivity contribution is 1.05. The molecule has 31 heavy (non-hydrogen) atoms. The summed E-state index contributed by atoms with van der Waals surface area (Å²) < 4.78 is 0. The SMILES string of the molecule is C1=CCc2ncnc(-c3cc(-c4ccccc4)cc(-c4ccccc4)c3)c2C=C1.CCl. The van der Waals surface area contributed by atoms with E-state index >= 15 is 0 Å². The Morgan fingerprint density at radius 1 is 0.645 bits per heavy atom. The number of fused-ring (bicyclic) bond motifs is 1. The smallest absolute Gasteiger partial charge is 0.116 e. The van der Waals surface area contributed by atoms with E-state index in [9.17, 15) is 0 Å². The first-order chi connectivity index (χ1) is 15.4. The Kier molecular flexibility index (Phi) is 6.71. The molecular weight excluding hydrogens is 400 g/mol. The van der Waals surface area contributed by atoms with Gasteiger partial charge in [-0.15, -0.1) is 11.6 Å². The highest BCUT2D eigenvalue weighted by Crippen LogP contribution is 2.34. The van der Waals surface area contributed by atoms with E-state index < -0.39 is 0 Å². The molecule has 0 unspecified atom stereocenters.